The molecule has 0 spiro atoms. The summed E-state index contributed by atoms with van der Waals surface area (Å²) in [6.07, 6.45) is 9.15. The van der Waals surface area contributed by atoms with Gasteiger partial charge in [0.15, 0.2) is 0 Å². The first-order valence-electron chi connectivity index (χ1n) is 5.67. The molecule has 1 saturated carbocycles. The maximum absolute atomic E-state index is 13.2. The molecule has 0 bridgehead atoms. The van der Waals surface area contributed by atoms with Gasteiger partial charge in [-0.3, -0.25) is 0 Å². The van der Waals surface area contributed by atoms with Gasteiger partial charge in [0.1, 0.15) is 5.82 Å². The predicted octanol–water partition coefficient (Wildman–Crippen LogP) is 4.21. The third kappa shape index (κ3) is 1.97. The van der Waals surface area contributed by atoms with Crippen molar-refractivity contribution >= 4 is 0 Å². The molecule has 1 aliphatic carbocycles. The van der Waals surface area contributed by atoms with Crippen LogP contribution in [0.5, 0.6) is 0 Å². The minimum absolute atomic E-state index is 0.108. The van der Waals surface area contributed by atoms with E-state index in [-0.39, 0.29) is 11.2 Å². The molecule has 0 amide bonds. The Bertz CT molecular complexity index is 359. The summed E-state index contributed by atoms with van der Waals surface area (Å²) in [5.41, 5.74) is 1.25. The number of hydrogen-bond donors (Lipinski definition) is 0. The monoisotopic (exact) mass is 204 g/mol. The molecule has 0 heterocycles. The minimum atomic E-state index is -0.122. The Morgan fingerprint density at radius 3 is 2.60 bits per heavy atom. The van der Waals surface area contributed by atoms with Crippen LogP contribution in [-0.4, -0.2) is 0 Å². The molecule has 0 aliphatic heterocycles. The van der Waals surface area contributed by atoms with E-state index in [1.165, 1.54) is 18.9 Å². The van der Waals surface area contributed by atoms with Crippen LogP contribution in [-0.2, 0) is 5.41 Å². The number of benzene rings is 1. The number of allylic oxidation sites excluding steroid dienone is 2. The Morgan fingerprint density at radius 1 is 1.27 bits per heavy atom. The molecule has 0 N–H and O–H groups in total. The van der Waals surface area contributed by atoms with Crippen LogP contribution in [0.1, 0.15) is 38.2 Å². The van der Waals surface area contributed by atoms with Crippen molar-refractivity contribution < 1.29 is 4.39 Å². The maximum atomic E-state index is 13.2. The van der Waals surface area contributed by atoms with E-state index in [1.54, 1.807) is 6.07 Å². The second-order valence-corrected chi connectivity index (χ2v) is 4.37. The molecular weight excluding hydrogens is 187 g/mol. The fraction of sp³-hybridized carbons (Fsp3) is 0.429. The summed E-state index contributed by atoms with van der Waals surface area (Å²) in [7, 11) is 0. The normalized spacial score (nSPS) is 19.9. The third-order valence-corrected chi connectivity index (χ3v) is 3.38. The Balaban J connectivity index is 2.40. The maximum Gasteiger partial charge on any atom is 0.123 e. The molecule has 0 aromatic heterocycles. The number of halogens is 1. The molecule has 80 valence electrons. The van der Waals surface area contributed by atoms with Crippen LogP contribution in [0.4, 0.5) is 4.39 Å². The lowest BCUT2D eigenvalue weighted by Gasteiger charge is -2.25. The molecule has 0 nitrogen and oxygen atoms in total. The first-order valence-corrected chi connectivity index (χ1v) is 5.67. The smallest absolute Gasteiger partial charge is 0.123 e. The lowest BCUT2D eigenvalue weighted by molar-refractivity contribution is 0.547. The molecule has 0 radical (unpaired) electrons. The molecule has 0 unspecified atom stereocenters. The van der Waals surface area contributed by atoms with Crippen molar-refractivity contribution in [3.63, 3.8) is 0 Å². The van der Waals surface area contributed by atoms with Crippen LogP contribution >= 0.6 is 0 Å². The SMILES string of the molecule is C/C=C/C1(c2cccc(F)c2)CCCC1. The molecule has 1 heteroatoms. The van der Waals surface area contributed by atoms with Gasteiger partial charge in [-0.25, -0.2) is 4.39 Å². The molecule has 2 rings (SSSR count). The van der Waals surface area contributed by atoms with Gasteiger partial charge in [0.05, 0.1) is 0 Å². The van der Waals surface area contributed by atoms with Crippen LogP contribution < -0.4 is 0 Å². The zero-order valence-electron chi connectivity index (χ0n) is 9.17. The van der Waals surface area contributed by atoms with Crippen LogP contribution in [0, 0.1) is 5.82 Å². The molecule has 0 atom stereocenters. The van der Waals surface area contributed by atoms with Gasteiger partial charge >= 0.3 is 0 Å². The number of hydrogen-bond acceptors (Lipinski definition) is 0. The van der Waals surface area contributed by atoms with Crippen LogP contribution in [0.25, 0.3) is 0 Å². The summed E-state index contributed by atoms with van der Waals surface area (Å²) in [6, 6.07) is 7.07. The average Bonchev–Trinajstić information content (AvgIpc) is 2.68. The second kappa shape index (κ2) is 4.18. The zero-order valence-corrected chi connectivity index (χ0v) is 9.17. The van der Waals surface area contributed by atoms with E-state index in [9.17, 15) is 4.39 Å². The van der Waals surface area contributed by atoms with Crippen molar-refractivity contribution in [1.29, 1.82) is 0 Å². The summed E-state index contributed by atoms with van der Waals surface area (Å²) >= 11 is 0. The van der Waals surface area contributed by atoms with Crippen molar-refractivity contribution in [2.24, 2.45) is 0 Å². The Labute approximate surface area is 90.8 Å². The average molecular weight is 204 g/mol. The van der Waals surface area contributed by atoms with E-state index in [0.717, 1.165) is 18.4 Å². The third-order valence-electron chi connectivity index (χ3n) is 3.38. The van der Waals surface area contributed by atoms with Gasteiger partial charge < -0.3 is 0 Å². The van der Waals surface area contributed by atoms with E-state index in [1.807, 2.05) is 13.0 Å². The first kappa shape index (κ1) is 10.4. The van der Waals surface area contributed by atoms with Crippen molar-refractivity contribution in [3.05, 3.63) is 47.8 Å². The molecule has 1 fully saturated rings. The highest BCUT2D eigenvalue weighted by atomic mass is 19.1. The predicted molar refractivity (Wildman–Crippen MR) is 61.4 cm³/mol. The highest BCUT2D eigenvalue weighted by Crippen LogP contribution is 2.42. The Morgan fingerprint density at radius 2 is 2.00 bits per heavy atom. The molecule has 15 heavy (non-hydrogen) atoms. The Hall–Kier alpha value is -1.11. The van der Waals surface area contributed by atoms with Gasteiger partial charge in [0.25, 0.3) is 0 Å². The first-order chi connectivity index (χ1) is 7.27. The van der Waals surface area contributed by atoms with Gasteiger partial charge in [-0.1, -0.05) is 37.1 Å². The highest BCUT2D eigenvalue weighted by molar-refractivity contribution is 5.32. The summed E-state index contributed by atoms with van der Waals surface area (Å²) in [4.78, 5) is 0. The van der Waals surface area contributed by atoms with Crippen LogP contribution in [0.15, 0.2) is 36.4 Å². The summed E-state index contributed by atoms with van der Waals surface area (Å²) in [5.74, 6) is -0.122. The quantitative estimate of drug-likeness (QED) is 0.633. The lowest BCUT2D eigenvalue weighted by atomic mass is 9.78. The van der Waals surface area contributed by atoms with Crippen LogP contribution in [0.3, 0.4) is 0 Å². The standard InChI is InChI=1S/C14H17F/c1-2-8-14(9-3-4-10-14)12-6-5-7-13(15)11-12/h2,5-8,11H,3-4,9-10H2,1H3/b8-2+. The lowest BCUT2D eigenvalue weighted by Crippen LogP contribution is -2.18. The largest absolute Gasteiger partial charge is 0.207 e. The van der Waals surface area contributed by atoms with Crippen molar-refractivity contribution in [2.45, 2.75) is 38.0 Å². The molecule has 1 aromatic rings. The van der Waals surface area contributed by atoms with E-state index in [4.69, 9.17) is 0 Å². The second-order valence-electron chi connectivity index (χ2n) is 4.37. The van der Waals surface area contributed by atoms with Crippen LogP contribution in [0.2, 0.25) is 0 Å². The minimum Gasteiger partial charge on any atom is -0.207 e. The Kier molecular flexibility index (Phi) is 2.90. The van der Waals surface area contributed by atoms with Gasteiger partial charge in [0, 0.05) is 5.41 Å². The van der Waals surface area contributed by atoms with E-state index in [0.29, 0.717) is 0 Å². The van der Waals surface area contributed by atoms with E-state index < -0.39 is 0 Å². The molecule has 1 aliphatic rings. The van der Waals surface area contributed by atoms with Gasteiger partial charge in [0.2, 0.25) is 0 Å². The molecular formula is C14H17F. The summed E-state index contributed by atoms with van der Waals surface area (Å²) in [6.45, 7) is 2.04. The van der Waals surface area contributed by atoms with Gasteiger partial charge in [-0.2, -0.15) is 0 Å². The van der Waals surface area contributed by atoms with Gasteiger partial charge in [-0.15, -0.1) is 0 Å². The summed E-state index contributed by atoms with van der Waals surface area (Å²) < 4.78 is 13.2. The van der Waals surface area contributed by atoms with Crippen molar-refractivity contribution in [3.8, 4) is 0 Å². The highest BCUT2D eigenvalue weighted by Gasteiger charge is 2.32. The number of rotatable bonds is 2. The zero-order chi connectivity index (χ0) is 10.7. The van der Waals surface area contributed by atoms with Crippen molar-refractivity contribution in [2.75, 3.05) is 0 Å². The van der Waals surface area contributed by atoms with E-state index in [2.05, 4.69) is 18.2 Å². The van der Waals surface area contributed by atoms with E-state index >= 15 is 0 Å². The topological polar surface area (TPSA) is 0 Å². The van der Waals surface area contributed by atoms with Crippen molar-refractivity contribution in [1.82, 2.24) is 0 Å². The fourth-order valence-corrected chi connectivity index (χ4v) is 2.67. The fourth-order valence-electron chi connectivity index (χ4n) is 2.67. The molecule has 0 saturated heterocycles. The summed E-state index contributed by atoms with van der Waals surface area (Å²) in [5, 5.41) is 0. The molecule has 1 aromatic carbocycles. The van der Waals surface area contributed by atoms with Gasteiger partial charge in [-0.05, 0) is 37.5 Å².